The Morgan fingerprint density at radius 3 is 2.39 bits per heavy atom. The smallest absolute Gasteiger partial charge is 0.132 e. The highest BCUT2D eigenvalue weighted by Gasteiger charge is 2.24. The Morgan fingerprint density at radius 1 is 1.07 bits per heavy atom. The molecule has 0 aliphatic heterocycles. The Hall–Kier alpha value is -2.00. The molecule has 3 heteroatoms. The quantitative estimate of drug-likeness (QED) is 0.431. The van der Waals surface area contributed by atoms with Crippen molar-refractivity contribution in [1.82, 2.24) is 0 Å². The first kappa shape index (κ1) is 20.7. The van der Waals surface area contributed by atoms with Crippen LogP contribution in [0.2, 0.25) is 0 Å². The molecule has 0 radical (unpaired) electrons. The maximum Gasteiger partial charge on any atom is 0.132 e. The van der Waals surface area contributed by atoms with E-state index in [-0.39, 0.29) is 12.2 Å². The number of ether oxygens (including phenoxy) is 1. The molecule has 0 N–H and O–H groups in total. The molecule has 1 nitrogen and oxygen atoms in total. The van der Waals surface area contributed by atoms with Crippen molar-refractivity contribution >= 4 is 0 Å². The Balaban J connectivity index is 1.82. The SMILES string of the molecule is C=CCCC1CCC(c2ccccc2-c2cc(F)c(COCC)c(F)c2)CC1. The molecule has 0 spiro atoms. The maximum absolute atomic E-state index is 14.5. The van der Waals surface area contributed by atoms with E-state index in [0.29, 0.717) is 18.1 Å². The molecule has 0 atom stereocenters. The second-order valence-corrected chi connectivity index (χ2v) is 7.73. The summed E-state index contributed by atoms with van der Waals surface area (Å²) < 4.78 is 34.3. The van der Waals surface area contributed by atoms with Gasteiger partial charge in [-0.2, -0.15) is 0 Å². The van der Waals surface area contributed by atoms with E-state index in [4.69, 9.17) is 4.74 Å². The summed E-state index contributed by atoms with van der Waals surface area (Å²) >= 11 is 0. The average Bonchev–Trinajstić information content (AvgIpc) is 2.72. The summed E-state index contributed by atoms with van der Waals surface area (Å²) in [5.74, 6) is 0.150. The van der Waals surface area contributed by atoms with Gasteiger partial charge in [0.2, 0.25) is 0 Å². The van der Waals surface area contributed by atoms with E-state index in [1.54, 1.807) is 0 Å². The van der Waals surface area contributed by atoms with Crippen LogP contribution >= 0.6 is 0 Å². The monoisotopic (exact) mass is 384 g/mol. The molecule has 150 valence electrons. The number of benzene rings is 2. The van der Waals surface area contributed by atoms with Crippen LogP contribution in [0.4, 0.5) is 8.78 Å². The summed E-state index contributed by atoms with van der Waals surface area (Å²) in [5, 5.41) is 0. The van der Waals surface area contributed by atoms with Crippen LogP contribution in [-0.2, 0) is 11.3 Å². The molecule has 1 aliphatic carbocycles. The van der Waals surface area contributed by atoms with E-state index in [1.807, 2.05) is 31.2 Å². The topological polar surface area (TPSA) is 9.23 Å². The van der Waals surface area contributed by atoms with Crippen molar-refractivity contribution in [3.05, 3.63) is 71.8 Å². The van der Waals surface area contributed by atoms with Crippen LogP contribution in [-0.4, -0.2) is 6.61 Å². The van der Waals surface area contributed by atoms with Gasteiger partial charge in [0.1, 0.15) is 11.6 Å². The lowest BCUT2D eigenvalue weighted by atomic mass is 9.75. The van der Waals surface area contributed by atoms with Gasteiger partial charge in [-0.1, -0.05) is 30.3 Å². The van der Waals surface area contributed by atoms with E-state index in [0.717, 1.165) is 30.7 Å². The van der Waals surface area contributed by atoms with E-state index in [9.17, 15) is 8.78 Å². The van der Waals surface area contributed by atoms with Gasteiger partial charge in [0.15, 0.2) is 0 Å². The second kappa shape index (κ2) is 9.97. The van der Waals surface area contributed by atoms with Gasteiger partial charge in [-0.05, 0) is 86.1 Å². The third kappa shape index (κ3) is 4.88. The summed E-state index contributed by atoms with van der Waals surface area (Å²) in [5.41, 5.74) is 2.77. The van der Waals surface area contributed by atoms with Crippen LogP contribution in [0.25, 0.3) is 11.1 Å². The van der Waals surface area contributed by atoms with Crippen molar-refractivity contribution in [2.24, 2.45) is 5.92 Å². The summed E-state index contributed by atoms with van der Waals surface area (Å²) in [6.45, 7) is 6.03. The number of hydrogen-bond donors (Lipinski definition) is 0. The molecule has 0 amide bonds. The van der Waals surface area contributed by atoms with Crippen molar-refractivity contribution in [2.75, 3.05) is 6.61 Å². The minimum Gasteiger partial charge on any atom is -0.377 e. The lowest BCUT2D eigenvalue weighted by Crippen LogP contribution is -2.14. The summed E-state index contributed by atoms with van der Waals surface area (Å²) in [6.07, 6.45) is 8.98. The first-order valence-corrected chi connectivity index (χ1v) is 10.4. The molecule has 1 saturated carbocycles. The van der Waals surface area contributed by atoms with Gasteiger partial charge in [-0.15, -0.1) is 6.58 Å². The molecular formula is C25H30F2O. The molecular weight excluding hydrogens is 354 g/mol. The lowest BCUT2D eigenvalue weighted by molar-refractivity contribution is 0.128. The lowest BCUT2D eigenvalue weighted by Gasteiger charge is -2.30. The fourth-order valence-corrected chi connectivity index (χ4v) is 4.33. The van der Waals surface area contributed by atoms with E-state index in [1.165, 1.54) is 37.0 Å². The van der Waals surface area contributed by atoms with Crippen molar-refractivity contribution in [3.63, 3.8) is 0 Å². The molecule has 2 aromatic rings. The van der Waals surface area contributed by atoms with Gasteiger partial charge in [0.25, 0.3) is 0 Å². The molecule has 1 aliphatic rings. The van der Waals surface area contributed by atoms with Gasteiger partial charge in [0, 0.05) is 12.2 Å². The predicted octanol–water partition coefficient (Wildman–Crippen LogP) is 7.41. The summed E-state index contributed by atoms with van der Waals surface area (Å²) in [6, 6.07) is 11.0. The average molecular weight is 385 g/mol. The van der Waals surface area contributed by atoms with Crippen LogP contribution in [0.3, 0.4) is 0 Å². The number of allylic oxidation sites excluding steroid dienone is 1. The minimum atomic E-state index is -0.536. The Morgan fingerprint density at radius 2 is 1.75 bits per heavy atom. The molecule has 0 saturated heterocycles. The van der Waals surface area contributed by atoms with Crippen LogP contribution in [0.15, 0.2) is 49.1 Å². The van der Waals surface area contributed by atoms with Gasteiger partial charge in [0.05, 0.1) is 6.61 Å². The molecule has 1 fully saturated rings. The third-order valence-corrected chi connectivity index (χ3v) is 5.93. The molecule has 0 heterocycles. The zero-order valence-electron chi connectivity index (χ0n) is 16.7. The number of halogens is 2. The Bertz CT molecular complexity index is 768. The van der Waals surface area contributed by atoms with E-state index >= 15 is 0 Å². The highest BCUT2D eigenvalue weighted by atomic mass is 19.1. The van der Waals surface area contributed by atoms with Crippen LogP contribution in [0.5, 0.6) is 0 Å². The highest BCUT2D eigenvalue weighted by molar-refractivity contribution is 5.68. The molecule has 0 bridgehead atoms. The predicted molar refractivity (Wildman–Crippen MR) is 111 cm³/mol. The fourth-order valence-electron chi connectivity index (χ4n) is 4.33. The zero-order valence-corrected chi connectivity index (χ0v) is 16.7. The second-order valence-electron chi connectivity index (χ2n) is 7.73. The Kier molecular flexibility index (Phi) is 7.38. The standard InChI is InChI=1S/C25H30F2O/c1-3-5-8-18-11-13-19(14-12-18)21-9-6-7-10-22(21)20-15-24(26)23(17-28-4-2)25(27)16-20/h3,6-7,9-10,15-16,18-19H,1,4-5,8,11-14,17H2,2H3. The maximum atomic E-state index is 14.5. The molecule has 28 heavy (non-hydrogen) atoms. The van der Waals surface area contributed by atoms with Gasteiger partial charge in [-0.3, -0.25) is 0 Å². The van der Waals surface area contributed by atoms with Crippen LogP contribution < -0.4 is 0 Å². The third-order valence-electron chi connectivity index (χ3n) is 5.93. The van der Waals surface area contributed by atoms with Crippen molar-refractivity contribution in [2.45, 2.75) is 58.0 Å². The van der Waals surface area contributed by atoms with E-state index < -0.39 is 11.6 Å². The molecule has 3 rings (SSSR count). The van der Waals surface area contributed by atoms with Gasteiger partial charge in [-0.25, -0.2) is 8.78 Å². The normalized spacial score (nSPS) is 19.5. The fraction of sp³-hybridized carbons (Fsp3) is 0.440. The van der Waals surface area contributed by atoms with Crippen molar-refractivity contribution in [3.8, 4) is 11.1 Å². The molecule has 0 unspecified atom stereocenters. The van der Waals surface area contributed by atoms with Crippen molar-refractivity contribution < 1.29 is 13.5 Å². The molecule has 0 aromatic heterocycles. The zero-order chi connectivity index (χ0) is 19.9. The van der Waals surface area contributed by atoms with Crippen LogP contribution in [0.1, 0.15) is 62.5 Å². The highest BCUT2D eigenvalue weighted by Crippen LogP contribution is 2.41. The first-order chi connectivity index (χ1) is 13.6. The van der Waals surface area contributed by atoms with E-state index in [2.05, 4.69) is 12.6 Å². The first-order valence-electron chi connectivity index (χ1n) is 10.4. The van der Waals surface area contributed by atoms with Crippen molar-refractivity contribution in [1.29, 1.82) is 0 Å². The number of hydrogen-bond acceptors (Lipinski definition) is 1. The summed E-state index contributed by atoms with van der Waals surface area (Å²) in [7, 11) is 0. The van der Waals surface area contributed by atoms with Gasteiger partial charge >= 0.3 is 0 Å². The minimum absolute atomic E-state index is 0.00538. The Labute approximate surface area is 167 Å². The largest absolute Gasteiger partial charge is 0.377 e. The van der Waals surface area contributed by atoms with Gasteiger partial charge < -0.3 is 4.74 Å². The number of rotatable bonds is 8. The molecule has 2 aromatic carbocycles. The summed E-state index contributed by atoms with van der Waals surface area (Å²) in [4.78, 5) is 0. The van der Waals surface area contributed by atoms with Crippen LogP contribution in [0, 0.1) is 17.6 Å².